The number of benzene rings is 2. The van der Waals surface area contributed by atoms with Crippen LogP contribution in [0, 0.1) is 11.7 Å². The Labute approximate surface area is 190 Å². The first-order chi connectivity index (χ1) is 15.3. The van der Waals surface area contributed by atoms with Crippen molar-refractivity contribution in [1.29, 1.82) is 0 Å². The Morgan fingerprint density at radius 1 is 1.22 bits per heavy atom. The van der Waals surface area contributed by atoms with Gasteiger partial charge in [-0.1, -0.05) is 23.7 Å². The first-order valence-corrected chi connectivity index (χ1v) is 12.2. The van der Waals surface area contributed by atoms with E-state index in [-0.39, 0.29) is 34.8 Å². The molecule has 0 spiro atoms. The smallest absolute Gasteiger partial charge is 0.243 e. The van der Waals surface area contributed by atoms with Gasteiger partial charge >= 0.3 is 0 Å². The van der Waals surface area contributed by atoms with Gasteiger partial charge in [0, 0.05) is 25.6 Å². The average Bonchev–Trinajstić information content (AvgIpc) is 3.18. The number of rotatable bonds is 6. The number of sulfonamides is 1. The Hall–Kier alpha value is -2.56. The number of nitrogens with zero attached hydrogens (tertiary/aromatic N) is 4. The topological polar surface area (TPSA) is 97.2 Å². The van der Waals surface area contributed by atoms with E-state index in [4.69, 9.17) is 11.6 Å². The summed E-state index contributed by atoms with van der Waals surface area (Å²) in [5.74, 6) is -1.11. The highest BCUT2D eigenvalue weighted by Gasteiger charge is 2.32. The van der Waals surface area contributed by atoms with Crippen LogP contribution in [0.4, 0.5) is 10.1 Å². The Kier molecular flexibility index (Phi) is 6.45. The van der Waals surface area contributed by atoms with Gasteiger partial charge in [0.25, 0.3) is 0 Å². The summed E-state index contributed by atoms with van der Waals surface area (Å²) < 4.78 is 42.6. The van der Waals surface area contributed by atoms with Gasteiger partial charge in [0.2, 0.25) is 15.9 Å². The van der Waals surface area contributed by atoms with Crippen LogP contribution >= 0.6 is 11.6 Å². The first-order valence-electron chi connectivity index (χ1n) is 10.4. The number of hydrogen-bond donors (Lipinski definition) is 1. The van der Waals surface area contributed by atoms with Crippen LogP contribution in [-0.4, -0.2) is 46.7 Å². The number of fused-ring (bicyclic) bond motifs is 1. The highest BCUT2D eigenvalue weighted by molar-refractivity contribution is 7.89. The van der Waals surface area contributed by atoms with Crippen molar-refractivity contribution in [2.75, 3.05) is 18.4 Å². The van der Waals surface area contributed by atoms with E-state index < -0.39 is 15.8 Å². The molecule has 2 heterocycles. The quantitative estimate of drug-likeness (QED) is 0.581. The maximum Gasteiger partial charge on any atom is 0.243 e. The van der Waals surface area contributed by atoms with Crippen LogP contribution in [0.25, 0.3) is 11.0 Å². The van der Waals surface area contributed by atoms with Crippen LogP contribution in [0.2, 0.25) is 5.02 Å². The number of aryl methyl sites for hydroxylation is 1. The number of amides is 1. The summed E-state index contributed by atoms with van der Waals surface area (Å²) in [6.07, 6.45) is 1.64. The van der Waals surface area contributed by atoms with Crippen molar-refractivity contribution < 1.29 is 17.6 Å². The van der Waals surface area contributed by atoms with E-state index in [1.165, 1.54) is 16.4 Å². The normalized spacial score (nSPS) is 15.8. The van der Waals surface area contributed by atoms with E-state index in [0.717, 1.165) is 18.0 Å². The molecule has 0 saturated carbocycles. The summed E-state index contributed by atoms with van der Waals surface area (Å²) in [6, 6.07) is 8.59. The predicted molar refractivity (Wildman–Crippen MR) is 119 cm³/mol. The van der Waals surface area contributed by atoms with Gasteiger partial charge < -0.3 is 5.32 Å². The Morgan fingerprint density at radius 2 is 1.97 bits per heavy atom. The van der Waals surface area contributed by atoms with Crippen molar-refractivity contribution in [2.45, 2.75) is 37.6 Å². The molecule has 1 saturated heterocycles. The summed E-state index contributed by atoms with van der Waals surface area (Å²) in [7, 11) is -3.71. The van der Waals surface area contributed by atoms with Gasteiger partial charge in [-0.05, 0) is 55.7 Å². The van der Waals surface area contributed by atoms with Crippen molar-refractivity contribution in [2.24, 2.45) is 5.92 Å². The number of anilines is 1. The van der Waals surface area contributed by atoms with Gasteiger partial charge in [0.15, 0.2) is 0 Å². The SMILES string of the molecule is CCCn1nnc2cc(S(=O)(=O)N3CCC(C(=O)Nc4ccc(F)cc4Cl)CC3)ccc21. The molecule has 1 aliphatic heterocycles. The second-order valence-electron chi connectivity index (χ2n) is 7.75. The highest BCUT2D eigenvalue weighted by Crippen LogP contribution is 2.28. The molecule has 0 aliphatic carbocycles. The summed E-state index contributed by atoms with van der Waals surface area (Å²) >= 11 is 5.97. The predicted octanol–water partition coefficient (Wildman–Crippen LogP) is 3.67. The maximum atomic E-state index is 13.2. The molecule has 8 nitrogen and oxygen atoms in total. The number of aromatic nitrogens is 3. The van der Waals surface area contributed by atoms with Crippen LogP contribution in [0.3, 0.4) is 0 Å². The van der Waals surface area contributed by atoms with Crippen LogP contribution in [0.15, 0.2) is 41.3 Å². The van der Waals surface area contributed by atoms with E-state index in [9.17, 15) is 17.6 Å². The third-order valence-corrected chi connectivity index (χ3v) is 7.78. The molecule has 0 atom stereocenters. The zero-order valence-electron chi connectivity index (χ0n) is 17.5. The van der Waals surface area contributed by atoms with Crippen molar-refractivity contribution in [3.8, 4) is 0 Å². The van der Waals surface area contributed by atoms with Gasteiger partial charge in [0.1, 0.15) is 11.3 Å². The number of carbonyl (C=O) groups is 1. The first kappa shape index (κ1) is 22.6. The Bertz CT molecular complexity index is 1260. The van der Waals surface area contributed by atoms with E-state index in [2.05, 4.69) is 15.6 Å². The molecule has 0 radical (unpaired) electrons. The van der Waals surface area contributed by atoms with Gasteiger partial charge in [-0.3, -0.25) is 4.79 Å². The standard InChI is InChI=1S/C21H23ClFN5O3S/c1-2-9-28-20-6-4-16(13-19(20)25-26-28)32(30,31)27-10-7-14(8-11-27)21(29)24-18-5-3-15(23)12-17(18)22/h3-6,12-14H,2,7-11H2,1H3,(H,24,29). The van der Waals surface area contributed by atoms with Crippen molar-refractivity contribution in [3.63, 3.8) is 0 Å². The molecule has 0 bridgehead atoms. The molecule has 1 N–H and O–H groups in total. The number of carbonyl (C=O) groups excluding carboxylic acids is 1. The van der Waals surface area contributed by atoms with Crippen molar-refractivity contribution in [1.82, 2.24) is 19.3 Å². The molecule has 1 aliphatic rings. The second kappa shape index (κ2) is 9.13. The Balaban J connectivity index is 1.42. The lowest BCUT2D eigenvalue weighted by Crippen LogP contribution is -2.41. The third-order valence-electron chi connectivity index (χ3n) is 5.57. The maximum absolute atomic E-state index is 13.2. The highest BCUT2D eigenvalue weighted by atomic mass is 35.5. The fourth-order valence-corrected chi connectivity index (χ4v) is 5.53. The second-order valence-corrected chi connectivity index (χ2v) is 10.1. The molecule has 1 aromatic heterocycles. The molecule has 170 valence electrons. The zero-order valence-corrected chi connectivity index (χ0v) is 19.0. The molecule has 3 aromatic rings. The summed E-state index contributed by atoms with van der Waals surface area (Å²) in [6.45, 7) is 3.18. The fourth-order valence-electron chi connectivity index (χ4n) is 3.82. The van der Waals surface area contributed by atoms with Crippen molar-refractivity contribution >= 4 is 44.3 Å². The molecule has 32 heavy (non-hydrogen) atoms. The van der Waals surface area contributed by atoms with Gasteiger partial charge in [-0.25, -0.2) is 17.5 Å². The monoisotopic (exact) mass is 479 g/mol. The lowest BCUT2D eigenvalue weighted by Gasteiger charge is -2.30. The molecule has 0 unspecified atom stereocenters. The van der Waals surface area contributed by atoms with Gasteiger partial charge in [-0.15, -0.1) is 5.10 Å². The third kappa shape index (κ3) is 4.48. The molecule has 1 fully saturated rings. The lowest BCUT2D eigenvalue weighted by atomic mass is 9.97. The zero-order chi connectivity index (χ0) is 22.9. The average molecular weight is 480 g/mol. The summed E-state index contributed by atoms with van der Waals surface area (Å²) in [5, 5.41) is 11.0. The summed E-state index contributed by atoms with van der Waals surface area (Å²) in [5.41, 5.74) is 1.66. The molecular weight excluding hydrogens is 457 g/mol. The number of nitrogens with one attached hydrogen (secondary N) is 1. The minimum Gasteiger partial charge on any atom is -0.325 e. The molecule has 1 amide bonds. The molecule has 11 heteroatoms. The molecule has 4 rings (SSSR count). The Morgan fingerprint density at radius 3 is 2.66 bits per heavy atom. The fraction of sp³-hybridized carbons (Fsp3) is 0.381. The number of hydrogen-bond acceptors (Lipinski definition) is 5. The van der Waals surface area contributed by atoms with Crippen LogP contribution in [0.5, 0.6) is 0 Å². The van der Waals surface area contributed by atoms with E-state index in [1.807, 2.05) is 6.92 Å². The van der Waals surface area contributed by atoms with Crippen LogP contribution in [-0.2, 0) is 21.4 Å². The van der Waals surface area contributed by atoms with E-state index in [1.54, 1.807) is 22.9 Å². The van der Waals surface area contributed by atoms with Gasteiger partial charge in [-0.2, -0.15) is 4.31 Å². The van der Waals surface area contributed by atoms with Gasteiger partial charge in [0.05, 0.1) is 21.1 Å². The molecular formula is C21H23ClFN5O3S. The largest absolute Gasteiger partial charge is 0.325 e. The lowest BCUT2D eigenvalue weighted by molar-refractivity contribution is -0.120. The van der Waals surface area contributed by atoms with E-state index >= 15 is 0 Å². The van der Waals surface area contributed by atoms with Crippen LogP contribution in [0.1, 0.15) is 26.2 Å². The minimum atomic E-state index is -3.71. The number of piperidine rings is 1. The minimum absolute atomic E-state index is 0.115. The number of halogens is 2. The van der Waals surface area contributed by atoms with Crippen LogP contribution < -0.4 is 5.32 Å². The van der Waals surface area contributed by atoms with E-state index in [0.29, 0.717) is 30.6 Å². The van der Waals surface area contributed by atoms with Crippen molar-refractivity contribution in [3.05, 3.63) is 47.2 Å². The molecule has 2 aromatic carbocycles. The summed E-state index contributed by atoms with van der Waals surface area (Å²) in [4.78, 5) is 12.7.